The molecule has 2 rings (SSSR count). The molecule has 13 heteroatoms. The SMILES string of the molecule is F.Fc1c(F)c(F)c(-c2c(F)c(F)c(F)c(F)c2F)c(F)c1F.[O]=[Al]. The van der Waals surface area contributed by atoms with Crippen molar-refractivity contribution in [3.05, 3.63) is 58.2 Å². The molecule has 0 atom stereocenters. The van der Waals surface area contributed by atoms with Crippen molar-refractivity contribution < 1.29 is 52.4 Å². The first-order valence-electron chi connectivity index (χ1n) is 5.38. The van der Waals surface area contributed by atoms with Gasteiger partial charge in [-0.3, -0.25) is 4.70 Å². The fraction of sp³-hybridized carbons (Fsp3) is 0. The van der Waals surface area contributed by atoms with Crippen LogP contribution >= 0.6 is 0 Å². The summed E-state index contributed by atoms with van der Waals surface area (Å²) in [5, 5.41) is 0. The van der Waals surface area contributed by atoms with Gasteiger partial charge in [0.15, 0.2) is 46.5 Å². The van der Waals surface area contributed by atoms with Crippen molar-refractivity contribution >= 4 is 16.2 Å². The predicted octanol–water partition coefficient (Wildman–Crippen LogP) is 4.40. The van der Waals surface area contributed by atoms with Gasteiger partial charge >= 0.3 is 20.0 Å². The van der Waals surface area contributed by atoms with Crippen LogP contribution in [0.4, 0.5) is 48.6 Å². The van der Waals surface area contributed by atoms with Gasteiger partial charge in [0.05, 0.1) is 11.1 Å². The third-order valence-electron chi connectivity index (χ3n) is 2.67. The molecule has 1 nitrogen and oxygen atoms in total. The maximum absolute atomic E-state index is 13.4. The van der Waals surface area contributed by atoms with Gasteiger partial charge in [-0.1, -0.05) is 0 Å². The van der Waals surface area contributed by atoms with Gasteiger partial charge in [0.1, 0.15) is 0 Å². The van der Waals surface area contributed by atoms with Gasteiger partial charge in [-0.2, -0.15) is 0 Å². The van der Waals surface area contributed by atoms with E-state index in [0.717, 1.165) is 0 Å². The van der Waals surface area contributed by atoms with Crippen LogP contribution in [0.25, 0.3) is 11.1 Å². The molecule has 0 heterocycles. The molecule has 0 fully saturated rings. The van der Waals surface area contributed by atoms with Crippen LogP contribution in [0, 0.1) is 58.2 Å². The van der Waals surface area contributed by atoms with Crippen LogP contribution in [0.2, 0.25) is 0 Å². The summed E-state index contributed by atoms with van der Waals surface area (Å²) in [6.45, 7) is 0. The summed E-state index contributed by atoms with van der Waals surface area (Å²) in [4.78, 5) is 0. The quantitative estimate of drug-likeness (QED) is 0.302. The average Bonchev–Trinajstić information content (AvgIpc) is 2.59. The molecule has 2 aromatic rings. The molecule has 135 valence electrons. The third kappa shape index (κ3) is 3.52. The van der Waals surface area contributed by atoms with Gasteiger partial charge in [0.2, 0.25) is 11.6 Å². The summed E-state index contributed by atoms with van der Waals surface area (Å²) in [6, 6.07) is 0. The Morgan fingerprint density at radius 1 is 0.360 bits per heavy atom. The summed E-state index contributed by atoms with van der Waals surface area (Å²) in [5.41, 5.74) is -4.52. The molecule has 0 spiro atoms. The fourth-order valence-electron chi connectivity index (χ4n) is 1.65. The van der Waals surface area contributed by atoms with E-state index in [0.29, 0.717) is 0 Å². The van der Waals surface area contributed by atoms with Gasteiger partial charge in [-0.05, 0) is 0 Å². The van der Waals surface area contributed by atoms with Crippen LogP contribution in [0.5, 0.6) is 0 Å². The van der Waals surface area contributed by atoms with Gasteiger partial charge in [0.25, 0.3) is 0 Å². The molecule has 0 saturated heterocycles. The van der Waals surface area contributed by atoms with Gasteiger partial charge in [-0.15, -0.1) is 0 Å². The van der Waals surface area contributed by atoms with E-state index in [9.17, 15) is 43.9 Å². The molecular formula is C12HAlF11O. The third-order valence-corrected chi connectivity index (χ3v) is 2.67. The molecule has 25 heavy (non-hydrogen) atoms. The van der Waals surface area contributed by atoms with Crippen molar-refractivity contribution in [2.24, 2.45) is 0 Å². The monoisotopic (exact) mass is 397 g/mol. The molecule has 0 aliphatic heterocycles. The number of rotatable bonds is 1. The van der Waals surface area contributed by atoms with Crippen molar-refractivity contribution in [3.8, 4) is 11.1 Å². The summed E-state index contributed by atoms with van der Waals surface area (Å²) in [7, 11) is 0. The Kier molecular flexibility index (Phi) is 7.72. The molecule has 0 aliphatic carbocycles. The first kappa shape index (κ1) is 23.0. The first-order valence-corrected chi connectivity index (χ1v) is 5.85. The van der Waals surface area contributed by atoms with Crippen molar-refractivity contribution in [1.82, 2.24) is 0 Å². The van der Waals surface area contributed by atoms with E-state index in [4.69, 9.17) is 3.80 Å². The average molecular weight is 397 g/mol. The van der Waals surface area contributed by atoms with E-state index in [2.05, 4.69) is 0 Å². The molecule has 0 bridgehead atoms. The zero-order chi connectivity index (χ0) is 18.9. The van der Waals surface area contributed by atoms with Crippen LogP contribution in [-0.4, -0.2) is 16.2 Å². The van der Waals surface area contributed by atoms with E-state index >= 15 is 0 Å². The summed E-state index contributed by atoms with van der Waals surface area (Å²) in [5.74, 6) is -26.6. The standard InChI is InChI=1S/C12F10.Al.FH.O/c13-3-1(4(14)8(18)11(21)7(3)17)2-5(15)9(19)12(22)10(20)6(2)16;;;/h;;1H;. The zero-order valence-electron chi connectivity index (χ0n) is 11.2. The Hall–Kier alpha value is -2.00. The normalized spacial score (nSPS) is 9.96. The second-order valence-corrected chi connectivity index (χ2v) is 3.89. The minimum atomic E-state index is -2.68. The molecule has 0 N–H and O–H groups in total. The molecule has 0 amide bonds. The Morgan fingerprint density at radius 3 is 0.640 bits per heavy atom. The molecular weight excluding hydrogens is 396 g/mol. The van der Waals surface area contributed by atoms with E-state index in [1.54, 1.807) is 0 Å². The van der Waals surface area contributed by atoms with Crippen LogP contribution in [0.3, 0.4) is 0 Å². The fourth-order valence-corrected chi connectivity index (χ4v) is 1.65. The van der Waals surface area contributed by atoms with Gasteiger partial charge in [0, 0.05) is 0 Å². The number of hydrogen-bond acceptors (Lipinski definition) is 1. The molecule has 0 aromatic heterocycles. The van der Waals surface area contributed by atoms with Crippen molar-refractivity contribution in [2.75, 3.05) is 0 Å². The Bertz CT molecular complexity index is 698. The molecule has 0 saturated carbocycles. The van der Waals surface area contributed by atoms with Gasteiger partial charge < -0.3 is 0 Å². The predicted molar refractivity (Wildman–Crippen MR) is 60.4 cm³/mol. The van der Waals surface area contributed by atoms with Gasteiger partial charge in [-0.25, -0.2) is 43.9 Å². The van der Waals surface area contributed by atoms with Crippen molar-refractivity contribution in [2.45, 2.75) is 0 Å². The maximum atomic E-state index is 13.4. The van der Waals surface area contributed by atoms with Crippen LogP contribution in [-0.2, 0) is 3.80 Å². The molecule has 0 aliphatic rings. The Balaban J connectivity index is 0.00000185. The second-order valence-electron chi connectivity index (χ2n) is 3.89. The van der Waals surface area contributed by atoms with E-state index in [-0.39, 0.29) is 4.70 Å². The number of benzene rings is 2. The topological polar surface area (TPSA) is 17.1 Å². The summed E-state index contributed by atoms with van der Waals surface area (Å²) >= 11 is 1.17. The van der Waals surface area contributed by atoms with Crippen LogP contribution < -0.4 is 0 Å². The first-order chi connectivity index (χ1) is 11.1. The van der Waals surface area contributed by atoms with Crippen LogP contribution in [0.15, 0.2) is 0 Å². The minimum absolute atomic E-state index is 0. The van der Waals surface area contributed by atoms with Crippen LogP contribution in [0.1, 0.15) is 0 Å². The molecule has 0 unspecified atom stereocenters. The molecule has 1 radical (unpaired) electrons. The Labute approximate surface area is 138 Å². The summed E-state index contributed by atoms with van der Waals surface area (Å²) < 4.78 is 139. The van der Waals surface area contributed by atoms with E-state index < -0.39 is 69.3 Å². The zero-order valence-corrected chi connectivity index (χ0v) is 12.3. The van der Waals surface area contributed by atoms with Crippen molar-refractivity contribution in [3.63, 3.8) is 0 Å². The second kappa shape index (κ2) is 8.39. The number of hydrogen-bond donors (Lipinski definition) is 0. The van der Waals surface area contributed by atoms with E-state index in [1.807, 2.05) is 0 Å². The van der Waals surface area contributed by atoms with E-state index in [1.165, 1.54) is 16.2 Å². The molecule has 2 aromatic carbocycles. The Morgan fingerprint density at radius 2 is 0.480 bits per heavy atom. The summed E-state index contributed by atoms with van der Waals surface area (Å²) in [6.07, 6.45) is 0. The van der Waals surface area contributed by atoms with Crippen molar-refractivity contribution in [1.29, 1.82) is 0 Å². The number of halogens is 11.